The predicted molar refractivity (Wildman–Crippen MR) is 104 cm³/mol. The number of hydrogen-bond acceptors (Lipinski definition) is 2. The first-order chi connectivity index (χ1) is 13.0. The molecule has 140 valence electrons. The summed E-state index contributed by atoms with van der Waals surface area (Å²) in [6.45, 7) is 2.02. The zero-order chi connectivity index (χ0) is 19.1. The summed E-state index contributed by atoms with van der Waals surface area (Å²) in [5.41, 5.74) is 2.85. The van der Waals surface area contributed by atoms with Gasteiger partial charge in [0.25, 0.3) is 0 Å². The van der Waals surface area contributed by atoms with Gasteiger partial charge in [-0.25, -0.2) is 4.39 Å². The Morgan fingerprint density at radius 1 is 0.963 bits per heavy atom. The fourth-order valence-electron chi connectivity index (χ4n) is 4.66. The first-order valence-corrected chi connectivity index (χ1v) is 10.0. The molecule has 0 radical (unpaired) electrons. The largest absolute Gasteiger partial charge is 0.298 e. The normalized spacial score (nSPS) is 24.9. The van der Waals surface area contributed by atoms with Gasteiger partial charge in [0.15, 0.2) is 11.6 Å². The number of fused-ring (bicyclic) bond motifs is 4. The highest BCUT2D eigenvalue weighted by Gasteiger charge is 2.44. The maximum Gasteiger partial charge on any atom is 0.150 e. The third-order valence-electron chi connectivity index (χ3n) is 6.18. The molecule has 0 aromatic heterocycles. The molecular weight excluding hydrogens is 363 g/mol. The van der Waals surface area contributed by atoms with Crippen molar-refractivity contribution in [2.45, 2.75) is 44.9 Å². The minimum Gasteiger partial charge on any atom is -0.298 e. The maximum atomic E-state index is 14.4. The summed E-state index contributed by atoms with van der Waals surface area (Å²) < 4.78 is 14.4. The van der Waals surface area contributed by atoms with Crippen LogP contribution in [0.15, 0.2) is 36.4 Å². The summed E-state index contributed by atoms with van der Waals surface area (Å²) in [7, 11) is 0. The lowest BCUT2D eigenvalue weighted by Crippen LogP contribution is -2.26. The number of carbonyl (C=O) groups is 2. The second kappa shape index (κ2) is 7.20. The number of aryl methyl sites for hydroxylation is 1. The molecule has 0 unspecified atom stereocenters. The van der Waals surface area contributed by atoms with E-state index in [9.17, 15) is 14.0 Å². The van der Waals surface area contributed by atoms with Gasteiger partial charge in [0.2, 0.25) is 0 Å². The SMILES string of the molecule is CCc1ccc(-c2ccc(Cl)cc2F)cc1C1C(=O)C2CCC(CC2)C1=O. The number of carbonyl (C=O) groups excluding carboxylic acids is 2. The van der Waals surface area contributed by atoms with Gasteiger partial charge in [0.05, 0.1) is 0 Å². The van der Waals surface area contributed by atoms with E-state index >= 15 is 0 Å². The Kier molecular flexibility index (Phi) is 4.90. The molecule has 0 atom stereocenters. The van der Waals surface area contributed by atoms with Gasteiger partial charge < -0.3 is 0 Å². The van der Waals surface area contributed by atoms with Crippen LogP contribution in [0.3, 0.4) is 0 Å². The molecule has 0 saturated heterocycles. The van der Waals surface area contributed by atoms with E-state index in [2.05, 4.69) is 0 Å². The summed E-state index contributed by atoms with van der Waals surface area (Å²) in [5, 5.41) is 0.340. The smallest absolute Gasteiger partial charge is 0.150 e. The van der Waals surface area contributed by atoms with Crippen LogP contribution >= 0.6 is 11.6 Å². The van der Waals surface area contributed by atoms with Crippen LogP contribution in [0.5, 0.6) is 0 Å². The molecule has 3 aliphatic rings. The molecule has 2 aromatic rings. The summed E-state index contributed by atoms with van der Waals surface area (Å²) >= 11 is 5.87. The molecule has 3 aliphatic carbocycles. The van der Waals surface area contributed by atoms with Crippen molar-refractivity contribution in [2.75, 3.05) is 0 Å². The number of hydrogen-bond donors (Lipinski definition) is 0. The molecule has 2 bridgehead atoms. The predicted octanol–water partition coefficient (Wildman–Crippen LogP) is 5.75. The zero-order valence-corrected chi connectivity index (χ0v) is 16.1. The molecule has 0 N–H and O–H groups in total. The third kappa shape index (κ3) is 3.23. The fourth-order valence-corrected chi connectivity index (χ4v) is 4.82. The van der Waals surface area contributed by atoms with E-state index in [0.717, 1.165) is 43.2 Å². The van der Waals surface area contributed by atoms with E-state index in [4.69, 9.17) is 11.6 Å². The molecule has 3 saturated carbocycles. The Morgan fingerprint density at radius 2 is 1.59 bits per heavy atom. The Bertz CT molecular complexity index is 889. The third-order valence-corrected chi connectivity index (χ3v) is 6.42. The van der Waals surface area contributed by atoms with E-state index < -0.39 is 11.7 Å². The molecule has 3 fully saturated rings. The number of halogens is 2. The first kappa shape index (κ1) is 18.4. The van der Waals surface area contributed by atoms with Gasteiger partial charge in [-0.1, -0.05) is 30.7 Å². The van der Waals surface area contributed by atoms with Crippen LogP contribution in [0.25, 0.3) is 11.1 Å². The maximum absolute atomic E-state index is 14.4. The second-order valence-corrected chi connectivity index (χ2v) is 8.11. The lowest BCUT2D eigenvalue weighted by Gasteiger charge is -2.20. The average molecular weight is 385 g/mol. The Labute approximate surface area is 163 Å². The van der Waals surface area contributed by atoms with Crippen molar-refractivity contribution in [1.82, 2.24) is 0 Å². The molecule has 5 rings (SSSR count). The minimum atomic E-state index is -0.699. The number of ketones is 2. The molecule has 0 heterocycles. The van der Waals surface area contributed by atoms with Crippen LogP contribution in [0, 0.1) is 17.7 Å². The number of benzene rings is 2. The highest BCUT2D eigenvalue weighted by atomic mass is 35.5. The molecule has 4 heteroatoms. The zero-order valence-electron chi connectivity index (χ0n) is 15.3. The standard InChI is InChI=1S/C23H22ClFO2/c1-2-13-3-8-16(18-10-9-17(24)12-20(18)25)11-19(13)21-22(26)14-4-5-15(7-6-14)23(21)27/h3,8-12,14-15,21H,2,4-7H2,1H3. The van der Waals surface area contributed by atoms with Crippen LogP contribution < -0.4 is 0 Å². The molecule has 2 aromatic carbocycles. The van der Waals surface area contributed by atoms with Gasteiger partial charge in [0, 0.05) is 22.4 Å². The van der Waals surface area contributed by atoms with E-state index in [1.54, 1.807) is 12.1 Å². The van der Waals surface area contributed by atoms with Crippen molar-refractivity contribution in [2.24, 2.45) is 11.8 Å². The summed E-state index contributed by atoms with van der Waals surface area (Å²) in [4.78, 5) is 26.3. The van der Waals surface area contributed by atoms with Crippen molar-refractivity contribution >= 4 is 23.2 Å². The van der Waals surface area contributed by atoms with Gasteiger partial charge in [-0.2, -0.15) is 0 Å². The van der Waals surface area contributed by atoms with Crippen LogP contribution in [0.1, 0.15) is 49.7 Å². The molecule has 27 heavy (non-hydrogen) atoms. The highest BCUT2D eigenvalue weighted by Crippen LogP contribution is 2.43. The van der Waals surface area contributed by atoms with Crippen LogP contribution in [-0.4, -0.2) is 11.6 Å². The average Bonchev–Trinajstić information content (AvgIpc) is 2.86. The van der Waals surface area contributed by atoms with E-state index in [1.165, 1.54) is 6.07 Å². The van der Waals surface area contributed by atoms with Crippen molar-refractivity contribution in [3.8, 4) is 11.1 Å². The summed E-state index contributed by atoms with van der Waals surface area (Å²) in [6.07, 6.45) is 4.00. The van der Waals surface area contributed by atoms with Gasteiger partial charge in [-0.3, -0.25) is 9.59 Å². The van der Waals surface area contributed by atoms with E-state index in [1.807, 2.05) is 25.1 Å². The van der Waals surface area contributed by atoms with Crippen molar-refractivity contribution in [3.63, 3.8) is 0 Å². The van der Waals surface area contributed by atoms with Crippen LogP contribution in [0.2, 0.25) is 5.02 Å². The lowest BCUT2D eigenvalue weighted by atomic mass is 9.82. The number of rotatable bonds is 3. The Hall–Kier alpha value is -2.00. The van der Waals surface area contributed by atoms with Crippen molar-refractivity contribution in [1.29, 1.82) is 0 Å². The lowest BCUT2D eigenvalue weighted by molar-refractivity contribution is -0.130. The van der Waals surface area contributed by atoms with Gasteiger partial charge in [-0.15, -0.1) is 0 Å². The van der Waals surface area contributed by atoms with Crippen LogP contribution in [-0.2, 0) is 16.0 Å². The van der Waals surface area contributed by atoms with E-state index in [0.29, 0.717) is 16.1 Å². The van der Waals surface area contributed by atoms with Crippen molar-refractivity contribution in [3.05, 3.63) is 58.4 Å². The Morgan fingerprint density at radius 3 is 2.15 bits per heavy atom. The quantitative estimate of drug-likeness (QED) is 0.631. The van der Waals surface area contributed by atoms with Gasteiger partial charge in [0.1, 0.15) is 11.7 Å². The first-order valence-electron chi connectivity index (χ1n) is 9.65. The van der Waals surface area contributed by atoms with Gasteiger partial charge >= 0.3 is 0 Å². The molecule has 0 aliphatic heterocycles. The molecule has 0 amide bonds. The topological polar surface area (TPSA) is 34.1 Å². The van der Waals surface area contributed by atoms with E-state index in [-0.39, 0.29) is 23.4 Å². The number of Topliss-reactive ketones (excluding diaryl/α,β-unsaturated/α-hetero) is 2. The van der Waals surface area contributed by atoms with Crippen molar-refractivity contribution < 1.29 is 14.0 Å². The second-order valence-electron chi connectivity index (χ2n) is 7.68. The fraction of sp³-hybridized carbons (Fsp3) is 0.391. The highest BCUT2D eigenvalue weighted by molar-refractivity contribution is 6.30. The molecule has 2 nitrogen and oxygen atoms in total. The van der Waals surface area contributed by atoms with Crippen LogP contribution in [0.4, 0.5) is 4.39 Å². The summed E-state index contributed by atoms with van der Waals surface area (Å²) in [5.74, 6) is -1.02. The molecule has 0 spiro atoms. The Balaban J connectivity index is 1.84. The minimum absolute atomic E-state index is 0.0154. The molecular formula is C23H22ClFO2. The van der Waals surface area contributed by atoms with Gasteiger partial charge in [-0.05, 0) is 73.1 Å². The monoisotopic (exact) mass is 384 g/mol. The summed E-state index contributed by atoms with van der Waals surface area (Å²) in [6, 6.07) is 10.2.